The van der Waals surface area contributed by atoms with Gasteiger partial charge in [0.1, 0.15) is 0 Å². The maximum Gasteiger partial charge on any atom is 0.0991 e. The number of hydrogen-bond donors (Lipinski definition) is 0. The van der Waals surface area contributed by atoms with E-state index < -0.39 is 0 Å². The molecule has 0 aliphatic rings. The summed E-state index contributed by atoms with van der Waals surface area (Å²) >= 11 is 0. The molecule has 0 aliphatic heterocycles. The van der Waals surface area contributed by atoms with E-state index >= 15 is 0 Å². The van der Waals surface area contributed by atoms with E-state index in [2.05, 4.69) is 64.1 Å². The van der Waals surface area contributed by atoms with Crippen LogP contribution in [0.15, 0.2) is 24.3 Å². The normalized spacial score (nSPS) is 10.4. The van der Waals surface area contributed by atoms with Crippen molar-refractivity contribution in [3.05, 3.63) is 68.8 Å². The van der Waals surface area contributed by atoms with Crippen LogP contribution in [0, 0.1) is 22.7 Å². The highest BCUT2D eigenvalue weighted by Gasteiger charge is 2.13. The maximum atomic E-state index is 9.29. The lowest BCUT2D eigenvalue weighted by Crippen LogP contribution is -2.06. The predicted octanol–water partition coefficient (Wildman–Crippen LogP) is 5.46. The molecule has 2 aromatic carbocycles. The molecule has 0 aliphatic carbocycles. The van der Waals surface area contributed by atoms with Crippen molar-refractivity contribution in [3.8, 4) is 12.1 Å². The zero-order valence-electron chi connectivity index (χ0n) is 16.4. The minimum atomic E-state index is 0.768. The average molecular weight is 345 g/mol. The fraction of sp³-hybridized carbons (Fsp3) is 0.417. The number of aryl methyl sites for hydroxylation is 4. The predicted molar refractivity (Wildman–Crippen MR) is 107 cm³/mol. The van der Waals surface area contributed by atoms with E-state index in [9.17, 15) is 10.5 Å². The van der Waals surface area contributed by atoms with Crippen molar-refractivity contribution in [2.24, 2.45) is 0 Å². The molecule has 0 unspecified atom stereocenters. The molecule has 0 amide bonds. The quantitative estimate of drug-likeness (QED) is 0.669. The maximum absolute atomic E-state index is 9.29. The Morgan fingerprint density at radius 2 is 0.846 bits per heavy atom. The molecule has 0 radical (unpaired) electrons. The summed E-state index contributed by atoms with van der Waals surface area (Å²) in [6.45, 7) is 8.65. The van der Waals surface area contributed by atoms with Crippen LogP contribution in [0.3, 0.4) is 0 Å². The third kappa shape index (κ3) is 4.14. The standard InChI is InChI=1S/C24H28N2/c1-5-19-11-17(15-25)12-20(6-2)23(19)9-10-24-21(7-3)13-18(16-26)14-22(24)8-4/h11-14H,5-10H2,1-4H3. The molecule has 2 rings (SSSR count). The molecule has 0 aromatic heterocycles. The molecule has 0 saturated carbocycles. The summed E-state index contributed by atoms with van der Waals surface area (Å²) in [5.41, 5.74) is 9.53. The summed E-state index contributed by atoms with van der Waals surface area (Å²) in [5.74, 6) is 0. The summed E-state index contributed by atoms with van der Waals surface area (Å²) < 4.78 is 0. The van der Waals surface area contributed by atoms with Gasteiger partial charge in [0.05, 0.1) is 23.3 Å². The zero-order valence-corrected chi connectivity index (χ0v) is 16.4. The monoisotopic (exact) mass is 344 g/mol. The minimum absolute atomic E-state index is 0.768. The van der Waals surface area contributed by atoms with Gasteiger partial charge in [0.2, 0.25) is 0 Å². The molecule has 0 saturated heterocycles. The van der Waals surface area contributed by atoms with Crippen LogP contribution in [0.1, 0.15) is 72.2 Å². The van der Waals surface area contributed by atoms with E-state index in [0.29, 0.717) is 0 Å². The van der Waals surface area contributed by atoms with Crippen LogP contribution in [-0.4, -0.2) is 0 Å². The molecule has 0 heterocycles. The topological polar surface area (TPSA) is 47.6 Å². The lowest BCUT2D eigenvalue weighted by molar-refractivity contribution is 0.869. The van der Waals surface area contributed by atoms with Gasteiger partial charge in [-0.25, -0.2) is 0 Å². The van der Waals surface area contributed by atoms with Crippen molar-refractivity contribution in [2.45, 2.75) is 66.2 Å². The Balaban J connectivity index is 2.44. The van der Waals surface area contributed by atoms with Gasteiger partial charge in [0.15, 0.2) is 0 Å². The average Bonchev–Trinajstić information content (AvgIpc) is 2.70. The van der Waals surface area contributed by atoms with Crippen LogP contribution < -0.4 is 0 Å². The molecule has 2 nitrogen and oxygen atoms in total. The second kappa shape index (κ2) is 9.21. The van der Waals surface area contributed by atoms with Crippen LogP contribution in [0.2, 0.25) is 0 Å². The fourth-order valence-corrected chi connectivity index (χ4v) is 3.88. The molecule has 26 heavy (non-hydrogen) atoms. The molecule has 0 N–H and O–H groups in total. The summed E-state index contributed by atoms with van der Waals surface area (Å²) in [6, 6.07) is 12.8. The summed E-state index contributed by atoms with van der Waals surface area (Å²) in [5, 5.41) is 18.6. The van der Waals surface area contributed by atoms with Gasteiger partial charge in [-0.15, -0.1) is 0 Å². The van der Waals surface area contributed by atoms with Crippen LogP contribution in [0.25, 0.3) is 0 Å². The van der Waals surface area contributed by atoms with Gasteiger partial charge in [0.25, 0.3) is 0 Å². The number of nitrogens with zero attached hydrogens (tertiary/aromatic N) is 2. The molecule has 0 bridgehead atoms. The first-order valence-corrected chi connectivity index (χ1v) is 9.71. The van der Waals surface area contributed by atoms with Crippen LogP contribution in [-0.2, 0) is 38.5 Å². The van der Waals surface area contributed by atoms with Crippen molar-refractivity contribution < 1.29 is 0 Å². The molecular formula is C24H28N2. The van der Waals surface area contributed by atoms with Crippen molar-refractivity contribution in [1.82, 2.24) is 0 Å². The molecular weight excluding hydrogens is 316 g/mol. The van der Waals surface area contributed by atoms with Gasteiger partial charge < -0.3 is 0 Å². The second-order valence-corrected chi connectivity index (χ2v) is 6.68. The molecule has 0 fully saturated rings. The van der Waals surface area contributed by atoms with Crippen molar-refractivity contribution in [1.29, 1.82) is 10.5 Å². The molecule has 0 spiro atoms. The van der Waals surface area contributed by atoms with Gasteiger partial charge in [-0.2, -0.15) is 10.5 Å². The summed E-state index contributed by atoms with van der Waals surface area (Å²) in [7, 11) is 0. The number of nitriles is 2. The molecule has 0 atom stereocenters. The Morgan fingerprint density at radius 3 is 1.04 bits per heavy atom. The summed E-state index contributed by atoms with van der Waals surface area (Å²) in [6.07, 6.45) is 5.78. The van der Waals surface area contributed by atoms with Crippen molar-refractivity contribution in [3.63, 3.8) is 0 Å². The fourth-order valence-electron chi connectivity index (χ4n) is 3.88. The highest BCUT2D eigenvalue weighted by atomic mass is 14.3. The lowest BCUT2D eigenvalue weighted by atomic mass is 9.87. The zero-order chi connectivity index (χ0) is 19.1. The van der Waals surface area contributed by atoms with E-state index in [1.165, 1.54) is 33.4 Å². The first kappa shape index (κ1) is 19.7. The number of rotatable bonds is 7. The number of benzene rings is 2. The van der Waals surface area contributed by atoms with E-state index in [4.69, 9.17) is 0 Å². The van der Waals surface area contributed by atoms with Gasteiger partial charge in [-0.05, 0) is 96.2 Å². The van der Waals surface area contributed by atoms with Crippen molar-refractivity contribution >= 4 is 0 Å². The Kier molecular flexibility index (Phi) is 6.99. The largest absolute Gasteiger partial charge is 0.192 e. The van der Waals surface area contributed by atoms with E-state index in [-0.39, 0.29) is 0 Å². The van der Waals surface area contributed by atoms with Gasteiger partial charge in [0, 0.05) is 0 Å². The SMILES string of the molecule is CCc1cc(C#N)cc(CC)c1CCc1c(CC)cc(C#N)cc1CC. The Labute approximate surface area is 158 Å². The summed E-state index contributed by atoms with van der Waals surface area (Å²) in [4.78, 5) is 0. The molecule has 134 valence electrons. The van der Waals surface area contributed by atoms with Crippen LogP contribution in [0.4, 0.5) is 0 Å². The minimum Gasteiger partial charge on any atom is -0.192 e. The lowest BCUT2D eigenvalue weighted by Gasteiger charge is -2.18. The number of hydrogen-bond acceptors (Lipinski definition) is 2. The van der Waals surface area contributed by atoms with E-state index in [1.807, 2.05) is 0 Å². The second-order valence-electron chi connectivity index (χ2n) is 6.68. The van der Waals surface area contributed by atoms with Crippen LogP contribution in [0.5, 0.6) is 0 Å². The first-order chi connectivity index (χ1) is 12.6. The van der Waals surface area contributed by atoms with Gasteiger partial charge in [-0.1, -0.05) is 27.7 Å². The molecule has 2 heteroatoms. The molecule has 2 aromatic rings. The Morgan fingerprint density at radius 1 is 0.577 bits per heavy atom. The third-order valence-electron chi connectivity index (χ3n) is 5.28. The Bertz CT molecular complexity index is 739. The van der Waals surface area contributed by atoms with Gasteiger partial charge in [-0.3, -0.25) is 0 Å². The van der Waals surface area contributed by atoms with Crippen molar-refractivity contribution in [2.75, 3.05) is 0 Å². The highest BCUT2D eigenvalue weighted by molar-refractivity contribution is 5.47. The van der Waals surface area contributed by atoms with Crippen LogP contribution >= 0.6 is 0 Å². The highest BCUT2D eigenvalue weighted by Crippen LogP contribution is 2.25. The Hall–Kier alpha value is -2.58. The third-order valence-corrected chi connectivity index (χ3v) is 5.28. The first-order valence-electron chi connectivity index (χ1n) is 9.71. The van der Waals surface area contributed by atoms with Gasteiger partial charge >= 0.3 is 0 Å². The van der Waals surface area contributed by atoms with E-state index in [0.717, 1.165) is 49.7 Å². The van der Waals surface area contributed by atoms with E-state index in [1.54, 1.807) is 0 Å². The smallest absolute Gasteiger partial charge is 0.0991 e.